The molecule has 0 aliphatic carbocycles. The Morgan fingerprint density at radius 1 is 0.372 bits per heavy atom. The highest BCUT2D eigenvalue weighted by molar-refractivity contribution is 7.45. The minimum absolute atomic E-state index is 0.0307. The molecule has 0 amide bonds. The lowest BCUT2D eigenvalue weighted by Crippen LogP contribution is -2.37. The van der Waals surface area contributed by atoms with Gasteiger partial charge in [-0.25, -0.2) is 0 Å². The largest absolute Gasteiger partial charge is 0.756 e. The molecule has 0 saturated carbocycles. The molecule has 2 atom stereocenters. The van der Waals surface area contributed by atoms with Crippen molar-refractivity contribution in [3.63, 3.8) is 0 Å². The van der Waals surface area contributed by atoms with Crippen molar-refractivity contribution in [1.82, 2.24) is 0 Å². The maximum absolute atomic E-state index is 12.9. The highest BCUT2D eigenvalue weighted by Gasteiger charge is 2.22. The molecule has 0 aromatic carbocycles. The van der Waals surface area contributed by atoms with Crippen LogP contribution in [0.4, 0.5) is 0 Å². The lowest BCUT2D eigenvalue weighted by Gasteiger charge is -2.28. The number of quaternary nitrogens is 1. The molecule has 10 heteroatoms. The number of allylic oxidation sites excluding steroid dienone is 12. The van der Waals surface area contributed by atoms with E-state index < -0.39 is 26.5 Å². The van der Waals surface area contributed by atoms with E-state index in [-0.39, 0.29) is 32.0 Å². The number of ether oxygens (including phenoxy) is 2. The fraction of sp³-hybridized carbons (Fsp3) is 0.816. The normalized spacial score (nSPS) is 13.5. The molecule has 0 aliphatic rings. The van der Waals surface area contributed by atoms with Crippen LogP contribution in [0.25, 0.3) is 0 Å². The molecule has 0 bridgehead atoms. The van der Waals surface area contributed by atoms with Crippen LogP contribution in [0.15, 0.2) is 72.9 Å². The molecule has 0 aromatic heterocycles. The first-order valence-electron chi connectivity index (χ1n) is 36.6. The number of hydrogen-bond acceptors (Lipinski definition) is 8. The van der Waals surface area contributed by atoms with Crippen LogP contribution in [0, 0.1) is 0 Å². The first kappa shape index (κ1) is 83.5. The van der Waals surface area contributed by atoms with Gasteiger partial charge in [-0.05, 0) is 83.5 Å². The van der Waals surface area contributed by atoms with Gasteiger partial charge in [0, 0.05) is 12.8 Å². The first-order chi connectivity index (χ1) is 42.0. The summed E-state index contributed by atoms with van der Waals surface area (Å²) in [6, 6.07) is 0. The second-order valence-corrected chi connectivity index (χ2v) is 27.3. The predicted octanol–water partition coefficient (Wildman–Crippen LogP) is 23.3. The van der Waals surface area contributed by atoms with Gasteiger partial charge in [-0.15, -0.1) is 0 Å². The van der Waals surface area contributed by atoms with Crippen molar-refractivity contribution in [2.24, 2.45) is 0 Å². The summed E-state index contributed by atoms with van der Waals surface area (Å²) in [5.41, 5.74) is 0. The van der Waals surface area contributed by atoms with Crippen molar-refractivity contribution in [3.8, 4) is 0 Å². The monoisotopic (exact) mass is 1230 g/mol. The summed E-state index contributed by atoms with van der Waals surface area (Å²) in [5, 5.41) is 0. The van der Waals surface area contributed by atoms with E-state index >= 15 is 0 Å². The summed E-state index contributed by atoms with van der Waals surface area (Å²) in [6.45, 7) is 4.16. The molecule has 0 N–H and O–H groups in total. The number of carbonyl (C=O) groups is 2. The molecular weight excluding hydrogens is 1090 g/mol. The van der Waals surface area contributed by atoms with E-state index in [1.807, 2.05) is 21.1 Å². The van der Waals surface area contributed by atoms with Crippen LogP contribution >= 0.6 is 7.82 Å². The van der Waals surface area contributed by atoms with Gasteiger partial charge < -0.3 is 27.9 Å². The second-order valence-electron chi connectivity index (χ2n) is 25.9. The molecule has 0 saturated heterocycles. The fourth-order valence-electron chi connectivity index (χ4n) is 10.6. The Balaban J connectivity index is 3.90. The van der Waals surface area contributed by atoms with Gasteiger partial charge in [-0.2, -0.15) is 0 Å². The lowest BCUT2D eigenvalue weighted by atomic mass is 10.0. The Morgan fingerprint density at radius 2 is 0.663 bits per heavy atom. The third-order valence-corrected chi connectivity index (χ3v) is 17.2. The molecule has 9 nitrogen and oxygen atoms in total. The van der Waals surface area contributed by atoms with Crippen LogP contribution in [-0.4, -0.2) is 70.0 Å². The van der Waals surface area contributed by atoms with Crippen molar-refractivity contribution < 1.29 is 42.1 Å². The summed E-state index contributed by atoms with van der Waals surface area (Å²) in [4.78, 5) is 38.0. The quantitative estimate of drug-likeness (QED) is 0.0195. The van der Waals surface area contributed by atoms with Gasteiger partial charge in [0.25, 0.3) is 7.82 Å². The Kier molecular flexibility index (Phi) is 64.9. The van der Waals surface area contributed by atoms with Crippen LogP contribution in [0.5, 0.6) is 0 Å². The molecule has 0 fully saturated rings. The summed E-state index contributed by atoms with van der Waals surface area (Å²) in [6.07, 6.45) is 90.1. The zero-order chi connectivity index (χ0) is 62.6. The minimum atomic E-state index is -4.64. The van der Waals surface area contributed by atoms with E-state index in [9.17, 15) is 19.0 Å². The van der Waals surface area contributed by atoms with Gasteiger partial charge in [0.15, 0.2) is 6.10 Å². The number of carbonyl (C=O) groups excluding carboxylic acids is 2. The van der Waals surface area contributed by atoms with Gasteiger partial charge in [-0.3, -0.25) is 14.2 Å². The van der Waals surface area contributed by atoms with E-state index in [2.05, 4.69) is 86.8 Å². The molecule has 0 aromatic rings. The Morgan fingerprint density at radius 3 is 0.988 bits per heavy atom. The molecule has 0 radical (unpaired) electrons. The van der Waals surface area contributed by atoms with E-state index in [1.54, 1.807) is 0 Å². The average molecular weight is 1230 g/mol. The summed E-state index contributed by atoms with van der Waals surface area (Å²) in [7, 11) is 1.18. The SMILES string of the molecule is CC/C=C\C/C=C\C/C=C\C/C=C\CCCCCCCCCCCCCCCCCCCCCCCCCCCCCCC(=O)OC(COC(=O)CCCCCCCCCCC/C=C\C/C=C\CCCCCCC)COP(=O)([O-])OCC[N+](C)(C)C. The highest BCUT2D eigenvalue weighted by Crippen LogP contribution is 2.38. The van der Waals surface area contributed by atoms with Crippen molar-refractivity contribution in [2.75, 3.05) is 47.5 Å². The summed E-state index contributed by atoms with van der Waals surface area (Å²) < 4.78 is 34.3. The Hall–Kier alpha value is -2.55. The van der Waals surface area contributed by atoms with Gasteiger partial charge >= 0.3 is 11.9 Å². The van der Waals surface area contributed by atoms with Crippen LogP contribution in [0.2, 0.25) is 0 Å². The highest BCUT2D eigenvalue weighted by atomic mass is 31.2. The standard InChI is InChI=1S/C76H140NO8P/c1-6-8-10-12-14-16-18-20-22-24-26-28-29-30-31-32-33-34-35-36-37-38-39-40-41-42-43-44-45-46-47-49-51-53-55-57-59-61-63-65-67-69-76(79)85-74(73-84-86(80,81)83-71-70-77(3,4)5)72-82-75(78)68-66-64-62-60-58-56-54-52-50-48-27-25-23-21-19-17-15-13-11-9-7-2/h8,10,14,16,19-22,25-28,74H,6-7,9,11-13,15,17-18,23-24,29-73H2,1-5H3/b10-8-,16-14-,21-19-,22-20-,27-25-,28-26-. The van der Waals surface area contributed by atoms with Crippen molar-refractivity contribution >= 4 is 19.8 Å². The number of phosphoric ester groups is 1. The predicted molar refractivity (Wildman–Crippen MR) is 370 cm³/mol. The average Bonchev–Trinajstić information content (AvgIpc) is 3.70. The van der Waals surface area contributed by atoms with Gasteiger partial charge in [0.2, 0.25) is 0 Å². The maximum Gasteiger partial charge on any atom is 0.306 e. The summed E-state index contributed by atoms with van der Waals surface area (Å²) >= 11 is 0. The topological polar surface area (TPSA) is 111 Å². The van der Waals surface area contributed by atoms with Crippen LogP contribution in [-0.2, 0) is 32.7 Å². The van der Waals surface area contributed by atoms with Crippen LogP contribution in [0.3, 0.4) is 0 Å². The van der Waals surface area contributed by atoms with Gasteiger partial charge in [0.05, 0.1) is 27.7 Å². The Bertz CT molecular complexity index is 1680. The minimum Gasteiger partial charge on any atom is -0.756 e. The third-order valence-electron chi connectivity index (χ3n) is 16.2. The molecule has 0 rings (SSSR count). The van der Waals surface area contributed by atoms with E-state index in [0.717, 1.165) is 64.2 Å². The van der Waals surface area contributed by atoms with Crippen LogP contribution < -0.4 is 4.89 Å². The number of nitrogens with zero attached hydrogens (tertiary/aromatic N) is 1. The number of phosphoric acid groups is 1. The smallest absolute Gasteiger partial charge is 0.306 e. The Labute approximate surface area is 533 Å². The molecular formula is C76H140NO8P. The first-order valence-corrected chi connectivity index (χ1v) is 38.1. The molecule has 0 aliphatic heterocycles. The van der Waals surface area contributed by atoms with E-state index in [1.165, 1.54) is 250 Å². The lowest BCUT2D eigenvalue weighted by molar-refractivity contribution is -0.870. The number of esters is 2. The molecule has 0 heterocycles. The van der Waals surface area contributed by atoms with Crippen molar-refractivity contribution in [2.45, 2.75) is 354 Å². The van der Waals surface area contributed by atoms with E-state index in [4.69, 9.17) is 18.5 Å². The number of rotatable bonds is 68. The number of likely N-dealkylation sites (N-methyl/N-ethyl adjacent to an activating group) is 1. The maximum atomic E-state index is 12.9. The van der Waals surface area contributed by atoms with Gasteiger partial charge in [-0.1, -0.05) is 324 Å². The fourth-order valence-corrected chi connectivity index (χ4v) is 11.4. The second kappa shape index (κ2) is 66.9. The number of unbranched alkanes of at least 4 members (excludes halogenated alkanes) is 42. The van der Waals surface area contributed by atoms with Crippen LogP contribution in [0.1, 0.15) is 348 Å². The van der Waals surface area contributed by atoms with Crippen molar-refractivity contribution in [3.05, 3.63) is 72.9 Å². The molecule has 86 heavy (non-hydrogen) atoms. The molecule has 502 valence electrons. The van der Waals surface area contributed by atoms with Gasteiger partial charge in [0.1, 0.15) is 19.8 Å². The van der Waals surface area contributed by atoms with E-state index in [0.29, 0.717) is 17.4 Å². The summed E-state index contributed by atoms with van der Waals surface area (Å²) in [5.74, 6) is -0.822. The van der Waals surface area contributed by atoms with Crippen molar-refractivity contribution in [1.29, 1.82) is 0 Å². The molecule has 0 spiro atoms. The molecule has 2 unspecified atom stereocenters. The zero-order valence-electron chi connectivity index (χ0n) is 57.3. The third kappa shape index (κ3) is 70.5. The number of hydrogen-bond donors (Lipinski definition) is 0. The zero-order valence-corrected chi connectivity index (χ0v) is 58.2.